The molecule has 0 heterocycles. The normalized spacial score (nSPS) is 12.4. The molecule has 0 fully saturated rings. The topological polar surface area (TPSA) is 92.7 Å². The molecular formula is C39H69NO5. The summed E-state index contributed by atoms with van der Waals surface area (Å²) in [6.07, 6.45) is 41.3. The van der Waals surface area contributed by atoms with Crippen LogP contribution in [0.4, 0.5) is 0 Å². The molecule has 0 bridgehead atoms. The van der Waals surface area contributed by atoms with Gasteiger partial charge in [0.1, 0.15) is 12.6 Å². The average Bonchev–Trinajstić information content (AvgIpc) is 3.02. The number of aliphatic carboxylic acids is 1. The summed E-state index contributed by atoms with van der Waals surface area (Å²) in [4.78, 5) is 34.8. The number of amides is 1. The highest BCUT2D eigenvalue weighted by atomic mass is 16.5. The Morgan fingerprint density at radius 1 is 0.600 bits per heavy atom. The largest absolute Gasteiger partial charge is 0.480 e. The van der Waals surface area contributed by atoms with Crippen molar-refractivity contribution in [2.24, 2.45) is 0 Å². The summed E-state index contributed by atoms with van der Waals surface area (Å²) in [6, 6.07) is 0. The van der Waals surface area contributed by atoms with Crippen LogP contribution in [0.3, 0.4) is 0 Å². The molecule has 260 valence electrons. The molecule has 6 nitrogen and oxygen atoms in total. The minimum absolute atomic E-state index is 0.0923. The molecule has 0 aromatic heterocycles. The lowest BCUT2D eigenvalue weighted by Crippen LogP contribution is -2.28. The van der Waals surface area contributed by atoms with Crippen molar-refractivity contribution in [3.8, 4) is 0 Å². The quantitative estimate of drug-likeness (QED) is 0.0427. The highest BCUT2D eigenvalue weighted by Gasteiger charge is 2.12. The van der Waals surface area contributed by atoms with E-state index < -0.39 is 5.97 Å². The number of hydrogen-bond donors (Lipinski definition) is 2. The molecule has 0 aromatic rings. The van der Waals surface area contributed by atoms with Crippen LogP contribution in [-0.4, -0.2) is 35.6 Å². The zero-order valence-electron chi connectivity index (χ0n) is 29.2. The van der Waals surface area contributed by atoms with E-state index in [0.29, 0.717) is 12.8 Å². The maximum absolute atomic E-state index is 12.6. The monoisotopic (exact) mass is 632 g/mol. The molecule has 0 aliphatic carbocycles. The summed E-state index contributed by atoms with van der Waals surface area (Å²) in [7, 11) is 0. The lowest BCUT2D eigenvalue weighted by atomic mass is 10.1. The van der Waals surface area contributed by atoms with Gasteiger partial charge in [-0.1, -0.05) is 128 Å². The van der Waals surface area contributed by atoms with Gasteiger partial charge in [0, 0.05) is 12.8 Å². The molecule has 0 spiro atoms. The second-order valence-electron chi connectivity index (χ2n) is 12.5. The van der Waals surface area contributed by atoms with Crippen LogP contribution >= 0.6 is 0 Å². The van der Waals surface area contributed by atoms with E-state index >= 15 is 0 Å². The lowest BCUT2D eigenvalue weighted by Gasteiger charge is -2.15. The highest BCUT2D eigenvalue weighted by molar-refractivity contribution is 5.80. The number of carbonyl (C=O) groups is 3. The number of carboxylic acid groups (broad SMARTS) is 1. The molecule has 45 heavy (non-hydrogen) atoms. The number of nitrogens with one attached hydrogen (secondary N) is 1. The molecule has 1 atom stereocenters. The van der Waals surface area contributed by atoms with Gasteiger partial charge in [-0.3, -0.25) is 14.4 Å². The Morgan fingerprint density at radius 2 is 1.09 bits per heavy atom. The first-order valence-corrected chi connectivity index (χ1v) is 18.6. The molecule has 2 N–H and O–H groups in total. The fourth-order valence-corrected chi connectivity index (χ4v) is 5.22. The maximum Gasteiger partial charge on any atom is 0.322 e. The Hall–Kier alpha value is -2.37. The van der Waals surface area contributed by atoms with Crippen molar-refractivity contribution in [2.45, 2.75) is 187 Å². The maximum atomic E-state index is 12.6. The zero-order chi connectivity index (χ0) is 33.1. The van der Waals surface area contributed by atoms with E-state index in [0.717, 1.165) is 57.8 Å². The summed E-state index contributed by atoms with van der Waals surface area (Å²) in [5, 5.41) is 11.0. The predicted molar refractivity (Wildman–Crippen MR) is 189 cm³/mol. The zero-order valence-corrected chi connectivity index (χ0v) is 29.2. The number of esters is 1. The number of hydrogen-bond acceptors (Lipinski definition) is 4. The molecule has 0 aliphatic heterocycles. The van der Waals surface area contributed by atoms with E-state index in [4.69, 9.17) is 9.84 Å². The minimum atomic E-state index is -1.03. The number of rotatable bonds is 33. The predicted octanol–water partition coefficient (Wildman–Crippen LogP) is 10.9. The summed E-state index contributed by atoms with van der Waals surface area (Å²) in [6.45, 7) is 4.14. The van der Waals surface area contributed by atoms with E-state index in [1.165, 1.54) is 96.3 Å². The van der Waals surface area contributed by atoms with Gasteiger partial charge in [-0.05, 0) is 76.7 Å². The van der Waals surface area contributed by atoms with Crippen molar-refractivity contribution in [3.05, 3.63) is 36.5 Å². The third-order valence-corrected chi connectivity index (χ3v) is 8.02. The summed E-state index contributed by atoms with van der Waals surface area (Å²) < 4.78 is 5.87. The van der Waals surface area contributed by atoms with Gasteiger partial charge < -0.3 is 15.2 Å². The van der Waals surface area contributed by atoms with Gasteiger partial charge in [0.25, 0.3) is 0 Å². The number of unbranched alkanes of at least 4 members (excludes halogenated alkanes) is 18. The fourth-order valence-electron chi connectivity index (χ4n) is 5.22. The first kappa shape index (κ1) is 42.6. The van der Waals surface area contributed by atoms with E-state index in [-0.39, 0.29) is 24.5 Å². The van der Waals surface area contributed by atoms with Crippen molar-refractivity contribution in [1.82, 2.24) is 5.32 Å². The van der Waals surface area contributed by atoms with Gasteiger partial charge in [-0.2, -0.15) is 0 Å². The van der Waals surface area contributed by atoms with E-state index in [2.05, 4.69) is 55.6 Å². The van der Waals surface area contributed by atoms with Gasteiger partial charge in [0.15, 0.2) is 0 Å². The van der Waals surface area contributed by atoms with Gasteiger partial charge in [-0.15, -0.1) is 0 Å². The Bertz CT molecular complexity index is 788. The third kappa shape index (κ3) is 34.3. The Labute approximate surface area is 276 Å². The smallest absolute Gasteiger partial charge is 0.322 e. The average molecular weight is 632 g/mol. The van der Waals surface area contributed by atoms with Crippen LogP contribution in [0.5, 0.6) is 0 Å². The van der Waals surface area contributed by atoms with Crippen molar-refractivity contribution in [2.75, 3.05) is 6.54 Å². The summed E-state index contributed by atoms with van der Waals surface area (Å²) >= 11 is 0. The Morgan fingerprint density at radius 3 is 1.71 bits per heavy atom. The number of allylic oxidation sites excluding steroid dienone is 5. The standard InChI is InChI=1S/C39H69NO5/c1-3-5-7-9-11-12-13-14-15-16-17-18-19-20-22-24-30-34-39(44)45-36(31-27-23-21-10-8-6-4-2)32-28-25-26-29-33-37(41)40-35-38(42)43/h11-12,14-15,27,31,36H,3-10,13,16-26,28-30,32-35H2,1-2H3,(H,40,41)(H,42,43)/b12-11-,15-14-,31-27-. The highest BCUT2D eigenvalue weighted by Crippen LogP contribution is 2.15. The van der Waals surface area contributed by atoms with Crippen LogP contribution < -0.4 is 5.32 Å². The second-order valence-corrected chi connectivity index (χ2v) is 12.5. The van der Waals surface area contributed by atoms with Gasteiger partial charge in [0.2, 0.25) is 5.91 Å². The Kier molecular flexibility index (Phi) is 32.7. The second kappa shape index (κ2) is 34.5. The van der Waals surface area contributed by atoms with E-state index in [9.17, 15) is 14.4 Å². The summed E-state index contributed by atoms with van der Waals surface area (Å²) in [5.74, 6) is -1.34. The van der Waals surface area contributed by atoms with Crippen LogP contribution in [0.25, 0.3) is 0 Å². The number of carbonyl (C=O) groups excluding carboxylic acids is 2. The number of carboxylic acids is 1. The fraction of sp³-hybridized carbons (Fsp3) is 0.769. The molecule has 0 aliphatic rings. The SMILES string of the molecule is CCCCC/C=C\C/C=C\CCCCCCCCCC(=O)OC(/C=C\CCCCCCC)CCCCCCC(=O)NCC(=O)O. The van der Waals surface area contributed by atoms with E-state index in [1.54, 1.807) is 0 Å². The van der Waals surface area contributed by atoms with Gasteiger partial charge in [-0.25, -0.2) is 0 Å². The third-order valence-electron chi connectivity index (χ3n) is 8.02. The van der Waals surface area contributed by atoms with Gasteiger partial charge >= 0.3 is 11.9 Å². The van der Waals surface area contributed by atoms with Crippen molar-refractivity contribution >= 4 is 17.8 Å². The molecule has 0 saturated heterocycles. The molecule has 6 heteroatoms. The molecular weight excluding hydrogens is 562 g/mol. The van der Waals surface area contributed by atoms with Crippen LogP contribution in [0.15, 0.2) is 36.5 Å². The van der Waals surface area contributed by atoms with Crippen molar-refractivity contribution < 1.29 is 24.2 Å². The van der Waals surface area contributed by atoms with Crippen LogP contribution in [0.1, 0.15) is 181 Å². The first-order chi connectivity index (χ1) is 22.0. The lowest BCUT2D eigenvalue weighted by molar-refractivity contribution is -0.147. The van der Waals surface area contributed by atoms with E-state index in [1.807, 2.05) is 0 Å². The van der Waals surface area contributed by atoms with Crippen molar-refractivity contribution in [1.29, 1.82) is 0 Å². The molecule has 0 saturated carbocycles. The molecule has 0 aromatic carbocycles. The number of ether oxygens (including phenoxy) is 1. The Balaban J connectivity index is 4.09. The molecule has 1 unspecified atom stereocenters. The first-order valence-electron chi connectivity index (χ1n) is 18.6. The van der Waals surface area contributed by atoms with Crippen LogP contribution in [0, 0.1) is 0 Å². The van der Waals surface area contributed by atoms with Crippen molar-refractivity contribution in [3.63, 3.8) is 0 Å². The molecule has 1 amide bonds. The van der Waals surface area contributed by atoms with Crippen LogP contribution in [0.2, 0.25) is 0 Å². The van der Waals surface area contributed by atoms with Crippen LogP contribution in [-0.2, 0) is 19.1 Å². The van der Waals surface area contributed by atoms with Gasteiger partial charge in [0.05, 0.1) is 0 Å². The summed E-state index contributed by atoms with van der Waals surface area (Å²) in [5.41, 5.74) is 0. The minimum Gasteiger partial charge on any atom is -0.480 e. The molecule has 0 rings (SSSR count). The molecule has 0 radical (unpaired) electrons.